The molecule has 3 aromatic heterocycles. The number of fused-ring (bicyclic) bond motifs is 4. The van der Waals surface area contributed by atoms with Crippen molar-refractivity contribution in [2.45, 2.75) is 102 Å². The first-order valence-corrected chi connectivity index (χ1v) is 26.0. The van der Waals surface area contributed by atoms with Crippen LogP contribution in [0.25, 0.3) is 22.0 Å². The Morgan fingerprint density at radius 3 is 2.40 bits per heavy atom. The summed E-state index contributed by atoms with van der Waals surface area (Å²) in [5.74, 6) is -0.812. The molecule has 382 valence electrons. The number of hydrogen-bond donors (Lipinski definition) is 1. The molecule has 17 nitrogen and oxygen atoms in total. The van der Waals surface area contributed by atoms with Gasteiger partial charge in [-0.3, -0.25) is 39.1 Å². The molecule has 19 heteroatoms. The molecule has 73 heavy (non-hydrogen) atoms. The summed E-state index contributed by atoms with van der Waals surface area (Å²) in [4.78, 5) is 77.9. The highest BCUT2D eigenvalue weighted by molar-refractivity contribution is 6.23. The number of hydrogen-bond acceptors (Lipinski definition) is 12. The third-order valence-corrected chi connectivity index (χ3v) is 16.7. The third-order valence-electron chi connectivity index (χ3n) is 16.7. The summed E-state index contributed by atoms with van der Waals surface area (Å²) in [5.41, 5.74) is 7.44. The molecule has 1 atom stereocenters. The van der Waals surface area contributed by atoms with Crippen LogP contribution in [-0.2, 0) is 38.4 Å². The van der Waals surface area contributed by atoms with Gasteiger partial charge in [0.25, 0.3) is 18.2 Å². The largest absolute Gasteiger partial charge is 0.453 e. The van der Waals surface area contributed by atoms with Gasteiger partial charge in [-0.05, 0) is 111 Å². The Labute approximate surface area is 421 Å². The van der Waals surface area contributed by atoms with E-state index in [1.165, 1.54) is 7.11 Å². The van der Waals surface area contributed by atoms with E-state index in [0.29, 0.717) is 56.3 Å². The van der Waals surface area contributed by atoms with Crippen molar-refractivity contribution < 1.29 is 42.2 Å². The highest BCUT2D eigenvalue weighted by Crippen LogP contribution is 2.46. The molecular formula is C54H60F2N10O7. The predicted octanol–water partition coefficient (Wildman–Crippen LogP) is 7.35. The number of halogens is 2. The van der Waals surface area contributed by atoms with Crippen molar-refractivity contribution in [1.29, 1.82) is 0 Å². The lowest BCUT2D eigenvalue weighted by Crippen LogP contribution is -2.54. The number of piperidine rings is 3. The molecule has 1 unspecified atom stereocenters. The number of pyridine rings is 1. The molecule has 7 aliphatic rings. The van der Waals surface area contributed by atoms with E-state index >= 15 is 8.78 Å². The SMILES string of the molecule is COC(=O)N1CCc2c(c(N3CCCc4cc(-c5cn(C6CCN(CC7CCN(c8ccc9c(c8)C(=O)N(C8CCC(=O)NC8=O)C9=O)CC7)CC6)c6ccncc56)c(C(F)F)cc43)nn2C2CCOCC2)C1. The molecule has 0 aliphatic carbocycles. The number of nitrogens with one attached hydrogen (secondary N) is 1. The number of rotatable bonds is 9. The van der Waals surface area contributed by atoms with Crippen LogP contribution in [0, 0.1) is 5.92 Å². The topological polar surface area (TPSA) is 168 Å². The number of carbonyl (C=O) groups is 5. The fourth-order valence-corrected chi connectivity index (χ4v) is 12.8. The summed E-state index contributed by atoms with van der Waals surface area (Å²) in [6, 6.07) is 10.3. The summed E-state index contributed by atoms with van der Waals surface area (Å²) < 4.78 is 46.4. The number of ether oxygens (including phenoxy) is 2. The van der Waals surface area contributed by atoms with Gasteiger partial charge in [-0.15, -0.1) is 0 Å². The summed E-state index contributed by atoms with van der Waals surface area (Å²) in [6.45, 7) is 7.20. The molecule has 0 bridgehead atoms. The van der Waals surface area contributed by atoms with Crippen molar-refractivity contribution in [2.75, 3.05) is 75.9 Å². The van der Waals surface area contributed by atoms with E-state index in [0.717, 1.165) is 139 Å². The Balaban J connectivity index is 0.736. The minimum Gasteiger partial charge on any atom is -0.453 e. The number of amides is 5. The summed E-state index contributed by atoms with van der Waals surface area (Å²) in [5, 5.41) is 8.36. The van der Waals surface area contributed by atoms with Crippen molar-refractivity contribution >= 4 is 57.8 Å². The lowest BCUT2D eigenvalue weighted by molar-refractivity contribution is -0.136. The molecule has 2 aromatic carbocycles. The van der Waals surface area contributed by atoms with Crippen LogP contribution in [0.1, 0.15) is 119 Å². The Hall–Kier alpha value is -6.73. The van der Waals surface area contributed by atoms with Crippen molar-refractivity contribution in [3.8, 4) is 11.1 Å². The second kappa shape index (κ2) is 19.3. The maximum absolute atomic E-state index is 15.6. The van der Waals surface area contributed by atoms with Gasteiger partial charge in [-0.2, -0.15) is 5.10 Å². The van der Waals surface area contributed by atoms with Crippen LogP contribution in [0.5, 0.6) is 0 Å². The van der Waals surface area contributed by atoms with E-state index in [2.05, 4.69) is 40.4 Å². The molecule has 0 radical (unpaired) electrons. The third kappa shape index (κ3) is 8.51. The van der Waals surface area contributed by atoms with Crippen LogP contribution < -0.4 is 15.1 Å². The van der Waals surface area contributed by atoms with Gasteiger partial charge in [-0.1, -0.05) is 0 Å². The highest BCUT2D eigenvalue weighted by atomic mass is 19.3. The van der Waals surface area contributed by atoms with Crippen molar-refractivity contribution in [1.82, 2.24) is 39.3 Å². The number of benzene rings is 2. The van der Waals surface area contributed by atoms with Crippen molar-refractivity contribution in [2.24, 2.45) is 5.92 Å². The second-order valence-electron chi connectivity index (χ2n) is 20.8. The Kier molecular flexibility index (Phi) is 12.5. The summed E-state index contributed by atoms with van der Waals surface area (Å²) in [7, 11) is 1.39. The molecule has 1 N–H and O–H groups in total. The normalized spacial score (nSPS) is 21.6. The molecule has 0 spiro atoms. The second-order valence-corrected chi connectivity index (χ2v) is 20.8. The van der Waals surface area contributed by atoms with Crippen LogP contribution in [-0.4, -0.2) is 136 Å². The van der Waals surface area contributed by atoms with Gasteiger partial charge < -0.3 is 33.6 Å². The van der Waals surface area contributed by atoms with Crippen molar-refractivity contribution in [3.63, 3.8) is 0 Å². The van der Waals surface area contributed by atoms with E-state index in [9.17, 15) is 24.0 Å². The smallest absolute Gasteiger partial charge is 0.409 e. The molecule has 12 rings (SSSR count). The molecule has 7 aliphatic heterocycles. The standard InChI is InChI=1S/C54H60F2N10O7/c1-72-54(71)62-22-13-45-43(30-62)50(59-66(45)35-14-23-73-24-15-35)63-17-2-3-33-25-38(39(49(55)56)27-47(33)63)42-31-64(44-8-16-57-28-41(42)44)34-11-18-60(19-12-34)29-32-9-20-61(21-10-32)36-4-5-37-40(26-36)53(70)65(52(37)69)46-6-7-48(67)58-51(46)68/h4-5,8,16,25-28,31-32,34-35,46,49H,2-3,6-7,9-15,17-24,29-30H2,1H3,(H,58,67,68). The fourth-order valence-electron chi connectivity index (χ4n) is 12.8. The summed E-state index contributed by atoms with van der Waals surface area (Å²) in [6.07, 6.45) is 10.4. The van der Waals surface area contributed by atoms with Crippen LogP contribution in [0.4, 0.5) is 30.8 Å². The maximum atomic E-state index is 15.6. The average molecular weight is 999 g/mol. The Morgan fingerprint density at radius 1 is 0.836 bits per heavy atom. The quantitative estimate of drug-likeness (QED) is 0.146. The number of aryl methyl sites for hydroxylation is 1. The molecule has 5 aromatic rings. The molecule has 10 heterocycles. The number of imide groups is 2. The zero-order valence-electron chi connectivity index (χ0n) is 41.1. The Morgan fingerprint density at radius 2 is 1.63 bits per heavy atom. The molecule has 5 amide bonds. The first-order valence-electron chi connectivity index (χ1n) is 26.0. The monoisotopic (exact) mass is 998 g/mol. The minimum atomic E-state index is -2.74. The predicted molar refractivity (Wildman–Crippen MR) is 266 cm³/mol. The van der Waals surface area contributed by atoms with E-state index < -0.39 is 42.2 Å². The van der Waals surface area contributed by atoms with Gasteiger partial charge in [-0.25, -0.2) is 13.6 Å². The van der Waals surface area contributed by atoms with Crippen molar-refractivity contribution in [3.05, 3.63) is 88.5 Å². The zero-order chi connectivity index (χ0) is 50.1. The average Bonchev–Trinajstić information content (AvgIpc) is 4.07. The van der Waals surface area contributed by atoms with Gasteiger partial charge in [0, 0.05) is 136 Å². The maximum Gasteiger partial charge on any atom is 0.409 e. The number of aromatic nitrogens is 4. The number of carbonyl (C=O) groups excluding carboxylic acids is 5. The van der Waals surface area contributed by atoms with E-state index in [1.807, 2.05) is 24.4 Å². The number of likely N-dealkylation sites (tertiary alicyclic amines) is 1. The molecular weight excluding hydrogens is 939 g/mol. The van der Waals surface area contributed by atoms with Crippen LogP contribution in [0.15, 0.2) is 55.0 Å². The van der Waals surface area contributed by atoms with E-state index in [1.54, 1.807) is 29.3 Å². The van der Waals surface area contributed by atoms with Gasteiger partial charge in [0.15, 0.2) is 5.82 Å². The first kappa shape index (κ1) is 47.3. The van der Waals surface area contributed by atoms with Crippen LogP contribution in [0.2, 0.25) is 0 Å². The fraction of sp³-hybridized carbons (Fsp3) is 0.500. The van der Waals surface area contributed by atoms with Crippen LogP contribution in [0.3, 0.4) is 0 Å². The molecule has 4 fully saturated rings. The number of anilines is 3. The zero-order valence-corrected chi connectivity index (χ0v) is 41.1. The van der Waals surface area contributed by atoms with Gasteiger partial charge in [0.2, 0.25) is 11.8 Å². The minimum absolute atomic E-state index is 0.0282. The number of alkyl halides is 2. The Bertz CT molecular complexity index is 3020. The van der Waals surface area contributed by atoms with Gasteiger partial charge in [0.05, 0.1) is 36.3 Å². The van der Waals surface area contributed by atoms with E-state index in [-0.39, 0.29) is 36.1 Å². The summed E-state index contributed by atoms with van der Waals surface area (Å²) >= 11 is 0. The lowest BCUT2D eigenvalue weighted by Gasteiger charge is -2.38. The molecule has 0 saturated carbocycles. The van der Waals surface area contributed by atoms with E-state index in [4.69, 9.17) is 14.6 Å². The number of methoxy groups -OCH3 is 1. The van der Waals surface area contributed by atoms with Crippen LogP contribution >= 0.6 is 0 Å². The highest BCUT2D eigenvalue weighted by Gasteiger charge is 2.45. The molecule has 4 saturated heterocycles. The first-order chi connectivity index (χ1) is 35.5. The van der Waals surface area contributed by atoms with Gasteiger partial charge >= 0.3 is 6.09 Å². The lowest BCUT2D eigenvalue weighted by atomic mass is 9.91. The van der Waals surface area contributed by atoms with Gasteiger partial charge in [0.1, 0.15) is 6.04 Å². The number of nitrogens with zero attached hydrogens (tertiary/aromatic N) is 9.